The van der Waals surface area contributed by atoms with E-state index in [-0.39, 0.29) is 6.10 Å². The van der Waals surface area contributed by atoms with E-state index in [0.29, 0.717) is 25.9 Å². The Morgan fingerprint density at radius 1 is 1.42 bits per heavy atom. The molecule has 72 valence electrons. The van der Waals surface area contributed by atoms with Crippen molar-refractivity contribution in [3.8, 4) is 0 Å². The topological polar surface area (TPSA) is 69.6 Å². The second-order valence-electron chi connectivity index (χ2n) is 2.84. The van der Waals surface area contributed by atoms with Crippen LogP contribution in [0.2, 0.25) is 0 Å². The molecule has 0 atom stereocenters. The highest BCUT2D eigenvalue weighted by Gasteiger charge is 2.25. The predicted molar refractivity (Wildman–Crippen MR) is 44.8 cm³/mol. The highest BCUT2D eigenvalue weighted by atomic mass is 32.2. The number of rotatable bonds is 2. The Bertz CT molecular complexity index is 231. The minimum atomic E-state index is -3.27. The van der Waals surface area contributed by atoms with E-state index in [1.165, 1.54) is 11.4 Å². The number of aliphatic hydroxyl groups excluding tert-OH is 1. The molecule has 1 aliphatic rings. The lowest BCUT2D eigenvalue weighted by Crippen LogP contribution is -2.44. The maximum Gasteiger partial charge on any atom is 0.279 e. The van der Waals surface area contributed by atoms with Gasteiger partial charge in [0, 0.05) is 20.1 Å². The van der Waals surface area contributed by atoms with Crippen LogP contribution < -0.4 is 4.72 Å². The standard InChI is InChI=1S/C6H14N2O3S/c1-7-12(10,11)8-4-2-6(9)3-5-8/h6-7,9H,2-5H2,1H3. The van der Waals surface area contributed by atoms with Gasteiger partial charge in [0.05, 0.1) is 6.10 Å². The zero-order chi connectivity index (χ0) is 9.19. The molecule has 1 rings (SSSR count). The summed E-state index contributed by atoms with van der Waals surface area (Å²) in [6.45, 7) is 0.814. The molecule has 1 fully saturated rings. The third-order valence-corrected chi connectivity index (χ3v) is 3.58. The Hall–Kier alpha value is -0.170. The normalized spacial score (nSPS) is 22.8. The molecule has 6 heteroatoms. The van der Waals surface area contributed by atoms with Gasteiger partial charge in [-0.2, -0.15) is 12.7 Å². The highest BCUT2D eigenvalue weighted by Crippen LogP contribution is 2.12. The second-order valence-corrected chi connectivity index (χ2v) is 4.71. The number of piperidine rings is 1. The lowest BCUT2D eigenvalue weighted by Gasteiger charge is -2.27. The van der Waals surface area contributed by atoms with E-state index >= 15 is 0 Å². The summed E-state index contributed by atoms with van der Waals surface area (Å²) in [4.78, 5) is 0. The summed E-state index contributed by atoms with van der Waals surface area (Å²) < 4.78 is 26.0. The molecule has 0 spiro atoms. The minimum absolute atomic E-state index is 0.340. The third kappa shape index (κ3) is 2.16. The Balaban J connectivity index is 2.56. The molecule has 12 heavy (non-hydrogen) atoms. The highest BCUT2D eigenvalue weighted by molar-refractivity contribution is 7.87. The van der Waals surface area contributed by atoms with Crippen molar-refractivity contribution >= 4 is 10.2 Å². The fourth-order valence-corrected chi connectivity index (χ4v) is 2.16. The summed E-state index contributed by atoms with van der Waals surface area (Å²) in [5.41, 5.74) is 0. The van der Waals surface area contributed by atoms with Crippen molar-refractivity contribution in [3.05, 3.63) is 0 Å². The lowest BCUT2D eigenvalue weighted by molar-refractivity contribution is 0.112. The van der Waals surface area contributed by atoms with Gasteiger partial charge < -0.3 is 5.11 Å². The summed E-state index contributed by atoms with van der Waals surface area (Å²) in [5, 5.41) is 9.12. The molecule has 0 aromatic rings. The van der Waals surface area contributed by atoms with Gasteiger partial charge in [-0.05, 0) is 12.8 Å². The number of nitrogens with zero attached hydrogens (tertiary/aromatic N) is 1. The third-order valence-electron chi connectivity index (χ3n) is 2.02. The SMILES string of the molecule is CNS(=O)(=O)N1CCC(O)CC1. The number of aliphatic hydroxyl groups is 1. The Morgan fingerprint density at radius 2 is 1.92 bits per heavy atom. The molecule has 2 N–H and O–H groups in total. The zero-order valence-electron chi connectivity index (χ0n) is 7.02. The molecule has 0 saturated carbocycles. The monoisotopic (exact) mass is 194 g/mol. The average molecular weight is 194 g/mol. The fraction of sp³-hybridized carbons (Fsp3) is 1.00. The van der Waals surface area contributed by atoms with Crippen molar-refractivity contribution in [2.24, 2.45) is 0 Å². The largest absolute Gasteiger partial charge is 0.393 e. The van der Waals surface area contributed by atoms with Crippen LogP contribution in [0.4, 0.5) is 0 Å². The molecule has 0 aromatic carbocycles. The lowest BCUT2D eigenvalue weighted by atomic mass is 10.1. The van der Waals surface area contributed by atoms with Gasteiger partial charge in [0.1, 0.15) is 0 Å². The van der Waals surface area contributed by atoms with E-state index < -0.39 is 10.2 Å². The second kappa shape index (κ2) is 3.69. The minimum Gasteiger partial charge on any atom is -0.393 e. The molecular formula is C6H14N2O3S. The van der Waals surface area contributed by atoms with E-state index in [2.05, 4.69) is 4.72 Å². The van der Waals surface area contributed by atoms with Gasteiger partial charge in [0.15, 0.2) is 0 Å². The smallest absolute Gasteiger partial charge is 0.279 e. The van der Waals surface area contributed by atoms with Crippen LogP contribution in [0.3, 0.4) is 0 Å². The van der Waals surface area contributed by atoms with Crippen molar-refractivity contribution in [2.75, 3.05) is 20.1 Å². The fourth-order valence-electron chi connectivity index (χ4n) is 1.21. The van der Waals surface area contributed by atoms with Crippen LogP contribution in [0.1, 0.15) is 12.8 Å². The van der Waals surface area contributed by atoms with Crippen LogP contribution in [-0.2, 0) is 10.2 Å². The number of hydrogen-bond acceptors (Lipinski definition) is 3. The van der Waals surface area contributed by atoms with E-state index in [9.17, 15) is 8.42 Å². The molecule has 0 aromatic heterocycles. The first kappa shape index (κ1) is 9.91. The first-order valence-electron chi connectivity index (χ1n) is 3.93. The van der Waals surface area contributed by atoms with Crippen LogP contribution in [0.5, 0.6) is 0 Å². The number of nitrogens with one attached hydrogen (secondary N) is 1. The van der Waals surface area contributed by atoms with Crippen molar-refractivity contribution in [1.82, 2.24) is 9.03 Å². The van der Waals surface area contributed by atoms with Gasteiger partial charge in [-0.25, -0.2) is 4.72 Å². The first-order valence-corrected chi connectivity index (χ1v) is 5.37. The van der Waals surface area contributed by atoms with Gasteiger partial charge in [-0.15, -0.1) is 0 Å². The van der Waals surface area contributed by atoms with Gasteiger partial charge in [0.25, 0.3) is 10.2 Å². The summed E-state index contributed by atoms with van der Waals surface area (Å²) in [7, 11) is -1.88. The summed E-state index contributed by atoms with van der Waals surface area (Å²) in [6, 6.07) is 0. The molecule has 5 nitrogen and oxygen atoms in total. The summed E-state index contributed by atoms with van der Waals surface area (Å²) in [5.74, 6) is 0. The van der Waals surface area contributed by atoms with Crippen LogP contribution in [0.15, 0.2) is 0 Å². The maximum atomic E-state index is 11.2. The number of hydrogen-bond donors (Lipinski definition) is 2. The molecule has 0 amide bonds. The zero-order valence-corrected chi connectivity index (χ0v) is 7.84. The Kier molecular flexibility index (Phi) is 3.05. The summed E-state index contributed by atoms with van der Waals surface area (Å²) >= 11 is 0. The predicted octanol–water partition coefficient (Wildman–Crippen LogP) is -1.09. The average Bonchev–Trinajstić information content (AvgIpc) is 2.05. The van der Waals surface area contributed by atoms with Gasteiger partial charge in [-0.3, -0.25) is 0 Å². The molecule has 1 aliphatic heterocycles. The van der Waals surface area contributed by atoms with Gasteiger partial charge in [-0.1, -0.05) is 0 Å². The van der Waals surface area contributed by atoms with Crippen LogP contribution >= 0.6 is 0 Å². The molecular weight excluding hydrogens is 180 g/mol. The maximum absolute atomic E-state index is 11.2. The van der Waals surface area contributed by atoms with E-state index in [1.54, 1.807) is 0 Å². The quantitative estimate of drug-likeness (QED) is 0.586. The van der Waals surface area contributed by atoms with Crippen molar-refractivity contribution in [3.63, 3.8) is 0 Å². The van der Waals surface area contributed by atoms with E-state index in [1.807, 2.05) is 0 Å². The molecule has 1 heterocycles. The Labute approximate surface area is 72.6 Å². The molecule has 0 radical (unpaired) electrons. The molecule has 0 bridgehead atoms. The first-order chi connectivity index (χ1) is 5.56. The van der Waals surface area contributed by atoms with E-state index in [0.717, 1.165) is 0 Å². The van der Waals surface area contributed by atoms with Crippen molar-refractivity contribution in [2.45, 2.75) is 18.9 Å². The van der Waals surface area contributed by atoms with Gasteiger partial charge >= 0.3 is 0 Å². The van der Waals surface area contributed by atoms with Crippen LogP contribution in [0.25, 0.3) is 0 Å². The molecule has 0 unspecified atom stereocenters. The summed E-state index contributed by atoms with van der Waals surface area (Å²) in [6.07, 6.45) is 0.718. The van der Waals surface area contributed by atoms with Crippen LogP contribution in [0, 0.1) is 0 Å². The molecule has 1 saturated heterocycles. The van der Waals surface area contributed by atoms with Crippen molar-refractivity contribution in [1.29, 1.82) is 0 Å². The van der Waals surface area contributed by atoms with Crippen molar-refractivity contribution < 1.29 is 13.5 Å². The van der Waals surface area contributed by atoms with Gasteiger partial charge in [0.2, 0.25) is 0 Å². The molecule has 0 aliphatic carbocycles. The van der Waals surface area contributed by atoms with Crippen LogP contribution in [-0.4, -0.2) is 44.1 Å². The van der Waals surface area contributed by atoms with E-state index in [4.69, 9.17) is 5.11 Å². The Morgan fingerprint density at radius 3 is 2.33 bits per heavy atom.